The van der Waals surface area contributed by atoms with Crippen LogP contribution in [0.3, 0.4) is 0 Å². The molecule has 8 heteroatoms. The van der Waals surface area contributed by atoms with Crippen LogP contribution in [0.25, 0.3) is 0 Å². The van der Waals surface area contributed by atoms with Gasteiger partial charge >= 0.3 is 5.97 Å². The number of nitrogens with one attached hydrogen (secondary N) is 1. The first-order valence-corrected chi connectivity index (χ1v) is 6.69. The monoisotopic (exact) mass is 325 g/mol. The molecule has 0 aliphatic heterocycles. The zero-order valence-electron chi connectivity index (χ0n) is 13.3. The van der Waals surface area contributed by atoms with E-state index in [2.05, 4.69) is 5.32 Å². The van der Waals surface area contributed by atoms with E-state index in [1.807, 2.05) is 0 Å². The Balaban J connectivity index is 3.07. The quantitative estimate of drug-likeness (QED) is 0.535. The Morgan fingerprint density at radius 3 is 2.00 bits per heavy atom. The molecule has 0 heterocycles. The summed E-state index contributed by atoms with van der Waals surface area (Å²) >= 11 is 0. The predicted octanol–water partition coefficient (Wildman–Crippen LogP) is 0.732. The van der Waals surface area contributed by atoms with Crippen LogP contribution in [-0.4, -0.2) is 50.6 Å². The van der Waals surface area contributed by atoms with Crippen molar-refractivity contribution in [1.82, 2.24) is 5.32 Å². The fourth-order valence-corrected chi connectivity index (χ4v) is 1.91. The lowest BCUT2D eigenvalue weighted by Crippen LogP contribution is -2.36. The molecule has 8 nitrogen and oxygen atoms in total. The van der Waals surface area contributed by atoms with Crippen LogP contribution in [0.4, 0.5) is 0 Å². The first kappa shape index (κ1) is 18.3. The van der Waals surface area contributed by atoms with Crippen LogP contribution in [0.15, 0.2) is 12.1 Å². The van der Waals surface area contributed by atoms with E-state index in [9.17, 15) is 14.4 Å². The number of carboxylic acids is 1. The molecule has 0 aromatic heterocycles. The van der Waals surface area contributed by atoms with Gasteiger partial charge in [0.15, 0.2) is 17.3 Å². The number of rotatable bonds is 8. The third-order valence-corrected chi connectivity index (χ3v) is 3.15. The number of benzene rings is 1. The number of carbonyl (C=O) groups is 3. The average molecular weight is 325 g/mol. The molecule has 0 aliphatic carbocycles. The molecule has 0 radical (unpaired) electrons. The highest BCUT2D eigenvalue weighted by Crippen LogP contribution is 2.38. The Morgan fingerprint density at radius 1 is 1.09 bits per heavy atom. The van der Waals surface area contributed by atoms with Crippen molar-refractivity contribution in [2.45, 2.75) is 6.92 Å². The number of aliphatic carboxylic acids is 1. The number of ether oxygens (including phenoxy) is 3. The van der Waals surface area contributed by atoms with E-state index in [1.54, 1.807) is 0 Å². The SMILES string of the molecule is COc1cc(C(=O)C(C)C(=O)NCC(=O)O)cc(OC)c1OC. The second-order valence-corrected chi connectivity index (χ2v) is 4.61. The molecule has 0 saturated heterocycles. The van der Waals surface area contributed by atoms with Crippen LogP contribution in [0, 0.1) is 5.92 Å². The highest BCUT2D eigenvalue weighted by atomic mass is 16.5. The highest BCUT2D eigenvalue weighted by Gasteiger charge is 2.25. The first-order valence-electron chi connectivity index (χ1n) is 6.69. The van der Waals surface area contributed by atoms with Gasteiger partial charge < -0.3 is 24.6 Å². The molecule has 1 aromatic carbocycles. The van der Waals surface area contributed by atoms with Crippen molar-refractivity contribution >= 4 is 17.7 Å². The van der Waals surface area contributed by atoms with E-state index in [0.29, 0.717) is 5.75 Å². The maximum absolute atomic E-state index is 12.4. The summed E-state index contributed by atoms with van der Waals surface area (Å²) in [5.41, 5.74) is 0.192. The number of hydrogen-bond acceptors (Lipinski definition) is 6. The predicted molar refractivity (Wildman–Crippen MR) is 80.2 cm³/mol. The van der Waals surface area contributed by atoms with Gasteiger partial charge in [-0.15, -0.1) is 0 Å². The number of amides is 1. The van der Waals surface area contributed by atoms with Gasteiger partial charge in [0, 0.05) is 5.56 Å². The Labute approximate surface area is 133 Å². The Hall–Kier alpha value is -2.77. The van der Waals surface area contributed by atoms with E-state index in [4.69, 9.17) is 19.3 Å². The van der Waals surface area contributed by atoms with Crippen molar-refractivity contribution in [3.8, 4) is 17.2 Å². The molecule has 0 spiro atoms. The maximum atomic E-state index is 12.4. The van der Waals surface area contributed by atoms with E-state index in [1.165, 1.54) is 40.4 Å². The van der Waals surface area contributed by atoms with Crippen molar-refractivity contribution in [2.75, 3.05) is 27.9 Å². The van der Waals surface area contributed by atoms with E-state index in [0.717, 1.165) is 0 Å². The topological polar surface area (TPSA) is 111 Å². The summed E-state index contributed by atoms with van der Waals surface area (Å²) < 4.78 is 15.5. The summed E-state index contributed by atoms with van der Waals surface area (Å²) in [6.45, 7) is 0.842. The molecule has 0 saturated carbocycles. The van der Waals surface area contributed by atoms with Gasteiger partial charge in [-0.3, -0.25) is 14.4 Å². The fourth-order valence-electron chi connectivity index (χ4n) is 1.91. The molecule has 1 aromatic rings. The molecule has 126 valence electrons. The largest absolute Gasteiger partial charge is 0.493 e. The summed E-state index contributed by atoms with van der Waals surface area (Å²) in [6.07, 6.45) is 0. The molecule has 1 rings (SSSR count). The molecule has 2 N–H and O–H groups in total. The minimum absolute atomic E-state index is 0.192. The van der Waals surface area contributed by atoms with Gasteiger partial charge in [0.25, 0.3) is 0 Å². The molecule has 0 bridgehead atoms. The average Bonchev–Trinajstić information content (AvgIpc) is 2.56. The molecule has 1 unspecified atom stereocenters. The number of Topliss-reactive ketones (excluding diaryl/α,β-unsaturated/α-hetero) is 1. The molecule has 23 heavy (non-hydrogen) atoms. The zero-order chi connectivity index (χ0) is 17.6. The number of carbonyl (C=O) groups excluding carboxylic acids is 2. The van der Waals surface area contributed by atoms with Crippen LogP contribution in [-0.2, 0) is 9.59 Å². The van der Waals surface area contributed by atoms with Gasteiger partial charge in [0.1, 0.15) is 6.54 Å². The lowest BCUT2D eigenvalue weighted by atomic mass is 9.97. The maximum Gasteiger partial charge on any atom is 0.322 e. The van der Waals surface area contributed by atoms with Crippen LogP contribution in [0.1, 0.15) is 17.3 Å². The van der Waals surface area contributed by atoms with Crippen molar-refractivity contribution in [2.24, 2.45) is 5.92 Å². The van der Waals surface area contributed by atoms with E-state index < -0.39 is 30.1 Å². The van der Waals surface area contributed by atoms with Crippen molar-refractivity contribution in [3.05, 3.63) is 17.7 Å². The Bertz CT molecular complexity index is 587. The second-order valence-electron chi connectivity index (χ2n) is 4.61. The van der Waals surface area contributed by atoms with E-state index >= 15 is 0 Å². The van der Waals surface area contributed by atoms with Crippen LogP contribution >= 0.6 is 0 Å². The van der Waals surface area contributed by atoms with Crippen LogP contribution < -0.4 is 19.5 Å². The molecule has 1 amide bonds. The molecule has 0 aliphatic rings. The van der Waals surface area contributed by atoms with Gasteiger partial charge in [0.2, 0.25) is 11.7 Å². The van der Waals surface area contributed by atoms with Gasteiger partial charge in [-0.05, 0) is 19.1 Å². The zero-order valence-corrected chi connectivity index (χ0v) is 13.3. The van der Waals surface area contributed by atoms with Crippen molar-refractivity contribution in [1.29, 1.82) is 0 Å². The number of methoxy groups -OCH3 is 3. The molecule has 0 fully saturated rings. The third-order valence-electron chi connectivity index (χ3n) is 3.15. The van der Waals surface area contributed by atoms with Crippen LogP contribution in [0.5, 0.6) is 17.2 Å². The normalized spacial score (nSPS) is 11.3. The third kappa shape index (κ3) is 4.35. The molecular weight excluding hydrogens is 306 g/mol. The summed E-state index contributed by atoms with van der Waals surface area (Å²) in [5.74, 6) is -2.52. The lowest BCUT2D eigenvalue weighted by Gasteiger charge is -2.15. The van der Waals surface area contributed by atoms with E-state index in [-0.39, 0.29) is 17.1 Å². The number of carboxylic acid groups (broad SMARTS) is 1. The van der Waals surface area contributed by atoms with Crippen molar-refractivity contribution in [3.63, 3.8) is 0 Å². The summed E-state index contributed by atoms with van der Waals surface area (Å²) in [4.78, 5) is 34.7. The molecular formula is C15H19NO7. The highest BCUT2D eigenvalue weighted by molar-refractivity contribution is 6.10. The van der Waals surface area contributed by atoms with Crippen molar-refractivity contribution < 1.29 is 33.7 Å². The second kappa shape index (κ2) is 8.02. The van der Waals surface area contributed by atoms with Crippen LogP contribution in [0.2, 0.25) is 0 Å². The van der Waals surface area contributed by atoms with Gasteiger partial charge in [0.05, 0.1) is 27.2 Å². The smallest absolute Gasteiger partial charge is 0.322 e. The van der Waals surface area contributed by atoms with Gasteiger partial charge in [-0.1, -0.05) is 0 Å². The Morgan fingerprint density at radius 2 is 1.61 bits per heavy atom. The van der Waals surface area contributed by atoms with Gasteiger partial charge in [-0.25, -0.2) is 0 Å². The van der Waals surface area contributed by atoms with Gasteiger partial charge in [-0.2, -0.15) is 0 Å². The lowest BCUT2D eigenvalue weighted by molar-refractivity contribution is -0.138. The minimum Gasteiger partial charge on any atom is -0.493 e. The molecule has 1 atom stereocenters. The first-order chi connectivity index (χ1) is 10.8. The summed E-state index contributed by atoms with van der Waals surface area (Å²) in [7, 11) is 4.26. The fraction of sp³-hybridized carbons (Fsp3) is 0.400. The number of ketones is 1. The summed E-state index contributed by atoms with van der Waals surface area (Å²) in [6, 6.07) is 2.87. The number of hydrogen-bond donors (Lipinski definition) is 2. The standard InChI is InChI=1S/C15H19NO7/c1-8(15(20)16-7-12(17)18)13(19)9-5-10(21-2)14(23-4)11(6-9)22-3/h5-6,8H,7H2,1-4H3,(H,16,20)(H,17,18). The minimum atomic E-state index is -1.19. The summed E-state index contributed by atoms with van der Waals surface area (Å²) in [5, 5.41) is 10.7. The Kier molecular flexibility index (Phi) is 6.37.